The maximum atomic E-state index is 9.93. The molecule has 3 nitrogen and oxygen atoms in total. The molecule has 0 saturated carbocycles. The zero-order valence-electron chi connectivity index (χ0n) is 15.2. The highest BCUT2D eigenvalue weighted by Crippen LogP contribution is 2.23. The summed E-state index contributed by atoms with van der Waals surface area (Å²) in [6.07, 6.45) is 13.0. The number of aliphatic hydroxyl groups excluding tert-OH is 1. The second kappa shape index (κ2) is 14.0. The monoisotopic (exact) mass is 310 g/mol. The van der Waals surface area contributed by atoms with E-state index in [2.05, 4.69) is 18.3 Å². The van der Waals surface area contributed by atoms with Gasteiger partial charge in [-0.2, -0.15) is 5.26 Å². The number of nitriles is 1. The maximum absolute atomic E-state index is 9.93. The molecular weight excluding hydrogens is 272 g/mol. The molecular formula is C19H38N2O. The number of aliphatic hydroxyl groups is 1. The van der Waals surface area contributed by atoms with Crippen LogP contribution in [0.3, 0.4) is 0 Å². The third-order valence-electron chi connectivity index (χ3n) is 4.38. The van der Waals surface area contributed by atoms with Gasteiger partial charge in [-0.15, -0.1) is 0 Å². The fourth-order valence-electron chi connectivity index (χ4n) is 2.56. The molecule has 0 radical (unpaired) electrons. The van der Waals surface area contributed by atoms with Gasteiger partial charge in [-0.1, -0.05) is 58.3 Å². The number of hydrogen-bond acceptors (Lipinski definition) is 3. The lowest BCUT2D eigenvalue weighted by Crippen LogP contribution is -2.27. The summed E-state index contributed by atoms with van der Waals surface area (Å²) in [5.41, 5.74) is -0.605. The Kier molecular flexibility index (Phi) is 13.7. The van der Waals surface area contributed by atoms with Gasteiger partial charge in [-0.25, -0.2) is 0 Å². The number of nitrogens with zero attached hydrogens (tertiary/aromatic N) is 1. The second-order valence-electron chi connectivity index (χ2n) is 7.07. The van der Waals surface area contributed by atoms with Crippen molar-refractivity contribution in [2.24, 2.45) is 5.41 Å². The van der Waals surface area contributed by atoms with Gasteiger partial charge in [0.2, 0.25) is 0 Å². The molecule has 0 fully saturated rings. The molecule has 1 unspecified atom stereocenters. The zero-order valence-corrected chi connectivity index (χ0v) is 15.2. The molecule has 0 aromatic rings. The molecule has 0 aromatic heterocycles. The molecule has 130 valence electrons. The number of rotatable bonds is 15. The Morgan fingerprint density at radius 2 is 1.41 bits per heavy atom. The lowest BCUT2D eigenvalue weighted by Gasteiger charge is -2.22. The number of nitrogens with one attached hydrogen (secondary N) is 1. The lowest BCUT2D eigenvalue weighted by molar-refractivity contribution is 0.0758. The van der Waals surface area contributed by atoms with E-state index in [1.165, 1.54) is 64.3 Å². The predicted molar refractivity (Wildman–Crippen MR) is 94.7 cm³/mol. The van der Waals surface area contributed by atoms with Gasteiger partial charge in [0.05, 0.1) is 17.6 Å². The third kappa shape index (κ3) is 12.0. The highest BCUT2D eigenvalue weighted by atomic mass is 16.3. The van der Waals surface area contributed by atoms with E-state index < -0.39 is 11.5 Å². The Labute approximate surface area is 138 Å². The van der Waals surface area contributed by atoms with Crippen molar-refractivity contribution in [3.8, 4) is 6.07 Å². The normalized spacial score (nSPS) is 13.0. The van der Waals surface area contributed by atoms with Crippen LogP contribution in [-0.4, -0.2) is 24.3 Å². The van der Waals surface area contributed by atoms with E-state index in [4.69, 9.17) is 5.26 Å². The fourth-order valence-corrected chi connectivity index (χ4v) is 2.56. The largest absolute Gasteiger partial charge is 0.391 e. The number of hydrogen-bond donors (Lipinski definition) is 2. The predicted octanol–water partition coefficient (Wildman–Crippen LogP) is 4.80. The summed E-state index contributed by atoms with van der Waals surface area (Å²) in [6.45, 7) is 8.17. The Hall–Kier alpha value is -0.590. The van der Waals surface area contributed by atoms with Gasteiger partial charge in [0.25, 0.3) is 0 Å². The standard InChI is InChI=1S/C19H38N2O/c1-4-15-21-16-13-11-9-7-5-6-8-10-12-14-18(22)19(2,3)17-20/h18,21-22H,4-16H2,1-3H3. The SMILES string of the molecule is CCCNCCCCCCCCCCCC(O)C(C)(C)C#N. The summed E-state index contributed by atoms with van der Waals surface area (Å²) in [5, 5.41) is 22.3. The minimum Gasteiger partial charge on any atom is -0.391 e. The lowest BCUT2D eigenvalue weighted by atomic mass is 9.85. The molecule has 0 amide bonds. The van der Waals surface area contributed by atoms with Crippen LogP contribution in [0.25, 0.3) is 0 Å². The van der Waals surface area contributed by atoms with Crippen LogP contribution in [-0.2, 0) is 0 Å². The molecule has 0 aliphatic rings. The summed E-state index contributed by atoms with van der Waals surface area (Å²) < 4.78 is 0. The van der Waals surface area contributed by atoms with Gasteiger partial charge in [-0.05, 0) is 46.2 Å². The molecule has 0 aliphatic carbocycles. The Bertz CT molecular complexity index is 284. The highest BCUT2D eigenvalue weighted by Gasteiger charge is 2.26. The summed E-state index contributed by atoms with van der Waals surface area (Å²) in [7, 11) is 0. The highest BCUT2D eigenvalue weighted by molar-refractivity contribution is 4.96. The first-order valence-electron chi connectivity index (χ1n) is 9.34. The van der Waals surface area contributed by atoms with E-state index in [1.54, 1.807) is 0 Å². The molecule has 3 heteroatoms. The molecule has 0 saturated heterocycles. The minimum absolute atomic E-state index is 0.487. The molecule has 0 aromatic carbocycles. The molecule has 1 atom stereocenters. The van der Waals surface area contributed by atoms with Crippen molar-refractivity contribution in [3.63, 3.8) is 0 Å². The molecule has 0 spiro atoms. The van der Waals surface area contributed by atoms with Crippen molar-refractivity contribution in [2.45, 2.75) is 97.5 Å². The van der Waals surface area contributed by atoms with Crippen LogP contribution in [0.5, 0.6) is 0 Å². The Morgan fingerprint density at radius 1 is 0.909 bits per heavy atom. The molecule has 2 N–H and O–H groups in total. The fraction of sp³-hybridized carbons (Fsp3) is 0.947. The molecule has 0 bridgehead atoms. The van der Waals surface area contributed by atoms with E-state index in [9.17, 15) is 5.11 Å². The first kappa shape index (κ1) is 21.4. The Balaban J connectivity index is 3.23. The van der Waals surface area contributed by atoms with Crippen molar-refractivity contribution in [1.82, 2.24) is 5.32 Å². The van der Waals surface area contributed by atoms with Crippen molar-refractivity contribution >= 4 is 0 Å². The van der Waals surface area contributed by atoms with Gasteiger partial charge in [0, 0.05) is 0 Å². The van der Waals surface area contributed by atoms with Crippen LogP contribution < -0.4 is 5.32 Å². The van der Waals surface area contributed by atoms with Crippen molar-refractivity contribution < 1.29 is 5.11 Å². The average Bonchev–Trinajstić information content (AvgIpc) is 2.51. The van der Waals surface area contributed by atoms with Crippen LogP contribution in [0, 0.1) is 16.7 Å². The van der Waals surface area contributed by atoms with Gasteiger partial charge in [0.1, 0.15) is 0 Å². The zero-order chi connectivity index (χ0) is 16.7. The third-order valence-corrected chi connectivity index (χ3v) is 4.38. The van der Waals surface area contributed by atoms with Crippen molar-refractivity contribution in [2.75, 3.05) is 13.1 Å². The molecule has 0 rings (SSSR count). The van der Waals surface area contributed by atoms with Crippen LogP contribution in [0.1, 0.15) is 91.4 Å². The minimum atomic E-state index is -0.605. The van der Waals surface area contributed by atoms with E-state index in [-0.39, 0.29) is 0 Å². The van der Waals surface area contributed by atoms with Gasteiger partial charge in [-0.3, -0.25) is 0 Å². The van der Waals surface area contributed by atoms with E-state index in [0.717, 1.165) is 19.4 Å². The van der Waals surface area contributed by atoms with Gasteiger partial charge in [0.15, 0.2) is 0 Å². The topological polar surface area (TPSA) is 56.0 Å². The molecule has 22 heavy (non-hydrogen) atoms. The summed E-state index contributed by atoms with van der Waals surface area (Å²) in [4.78, 5) is 0. The van der Waals surface area contributed by atoms with Gasteiger partial charge < -0.3 is 10.4 Å². The van der Waals surface area contributed by atoms with Gasteiger partial charge >= 0.3 is 0 Å². The van der Waals surface area contributed by atoms with E-state index >= 15 is 0 Å². The molecule has 0 aliphatic heterocycles. The van der Waals surface area contributed by atoms with Crippen molar-refractivity contribution in [1.29, 1.82) is 5.26 Å². The summed E-state index contributed by atoms with van der Waals surface area (Å²) in [6, 6.07) is 2.18. The molecule has 0 heterocycles. The first-order chi connectivity index (χ1) is 10.5. The quantitative estimate of drug-likeness (QED) is 0.427. The van der Waals surface area contributed by atoms with Crippen LogP contribution in [0.15, 0.2) is 0 Å². The Morgan fingerprint density at radius 3 is 1.91 bits per heavy atom. The van der Waals surface area contributed by atoms with Crippen LogP contribution in [0.2, 0.25) is 0 Å². The summed E-state index contributed by atoms with van der Waals surface area (Å²) in [5.74, 6) is 0. The maximum Gasteiger partial charge on any atom is 0.0776 e. The van der Waals surface area contributed by atoms with Crippen LogP contribution >= 0.6 is 0 Å². The van der Waals surface area contributed by atoms with Crippen molar-refractivity contribution in [3.05, 3.63) is 0 Å². The second-order valence-corrected chi connectivity index (χ2v) is 7.07. The number of unbranched alkanes of at least 4 members (excludes halogenated alkanes) is 8. The van der Waals surface area contributed by atoms with Crippen LogP contribution in [0.4, 0.5) is 0 Å². The van der Waals surface area contributed by atoms with E-state index in [0.29, 0.717) is 0 Å². The first-order valence-corrected chi connectivity index (χ1v) is 9.34. The van der Waals surface area contributed by atoms with E-state index in [1.807, 2.05) is 13.8 Å². The summed E-state index contributed by atoms with van der Waals surface area (Å²) >= 11 is 0. The average molecular weight is 311 g/mol. The smallest absolute Gasteiger partial charge is 0.0776 e.